The molecule has 1 unspecified atom stereocenters. The Labute approximate surface area is 321 Å². The number of rotatable bonds is 36. The zero-order valence-corrected chi connectivity index (χ0v) is 34.6. The lowest BCUT2D eigenvalue weighted by atomic mass is 9.94. The lowest BCUT2D eigenvalue weighted by Crippen LogP contribution is -2.38. The van der Waals surface area contributed by atoms with Gasteiger partial charge in [-0.3, -0.25) is 9.59 Å². The molecule has 0 spiro atoms. The van der Waals surface area contributed by atoms with Gasteiger partial charge < -0.3 is 23.8 Å². The molecule has 1 aliphatic carbocycles. The van der Waals surface area contributed by atoms with Gasteiger partial charge >= 0.3 is 11.9 Å². The van der Waals surface area contributed by atoms with Gasteiger partial charge in [0, 0.05) is 25.8 Å². The molecule has 52 heavy (non-hydrogen) atoms. The molecular weight excluding hydrogens is 650 g/mol. The summed E-state index contributed by atoms with van der Waals surface area (Å²) in [7, 11) is 4.10. The van der Waals surface area contributed by atoms with Crippen molar-refractivity contribution >= 4 is 11.9 Å². The maximum absolute atomic E-state index is 13.0. The number of nitrogens with zero attached hydrogens (tertiary/aromatic N) is 1. The van der Waals surface area contributed by atoms with Crippen LogP contribution in [-0.2, 0) is 28.5 Å². The van der Waals surface area contributed by atoms with E-state index in [-0.39, 0.29) is 23.6 Å². The summed E-state index contributed by atoms with van der Waals surface area (Å²) >= 11 is 0. The molecule has 1 aliphatic rings. The Balaban J connectivity index is 2.25. The summed E-state index contributed by atoms with van der Waals surface area (Å²) in [4.78, 5) is 27.2. The van der Waals surface area contributed by atoms with E-state index in [1.54, 1.807) is 0 Å². The largest absolute Gasteiger partial charge is 0.465 e. The van der Waals surface area contributed by atoms with E-state index in [4.69, 9.17) is 18.9 Å². The standard InChI is InChI=1S/C45H83NO6/c1-5-7-9-11-13-20-28-38-49-43(47)34-25-18-15-17-24-33-42(44(48)50-39-31-37-46(3)4)32-23-16-12-14-21-30-41-52-45(35-26-22-27-36-45)51-40-29-19-10-8-6-2/h19-20,28-29,42H,5-18,21-27,30-41H2,1-4H3/b28-20-,29-19-. The van der Waals surface area contributed by atoms with Crippen molar-refractivity contribution < 1.29 is 28.5 Å². The van der Waals surface area contributed by atoms with Crippen molar-refractivity contribution in [2.45, 2.75) is 199 Å². The van der Waals surface area contributed by atoms with Crippen LogP contribution in [0.25, 0.3) is 0 Å². The molecule has 0 amide bonds. The smallest absolute Gasteiger partial charge is 0.308 e. The van der Waals surface area contributed by atoms with E-state index in [1.165, 1.54) is 77.0 Å². The van der Waals surface area contributed by atoms with E-state index in [9.17, 15) is 9.59 Å². The van der Waals surface area contributed by atoms with Gasteiger partial charge in [0.2, 0.25) is 0 Å². The molecule has 0 radical (unpaired) electrons. The first-order valence-electron chi connectivity index (χ1n) is 22.0. The van der Waals surface area contributed by atoms with Gasteiger partial charge in [-0.1, -0.05) is 134 Å². The lowest BCUT2D eigenvalue weighted by Gasteiger charge is -2.36. The quantitative estimate of drug-likeness (QED) is 0.0275. The summed E-state index contributed by atoms with van der Waals surface area (Å²) in [6, 6.07) is 0. The fourth-order valence-corrected chi connectivity index (χ4v) is 6.92. The summed E-state index contributed by atoms with van der Waals surface area (Å²) in [5.74, 6) is -0.485. The molecule has 0 bridgehead atoms. The van der Waals surface area contributed by atoms with E-state index < -0.39 is 0 Å². The predicted octanol–water partition coefficient (Wildman–Crippen LogP) is 12.1. The van der Waals surface area contributed by atoms with Gasteiger partial charge in [-0.25, -0.2) is 0 Å². The zero-order chi connectivity index (χ0) is 37.8. The number of ether oxygens (including phenoxy) is 4. The van der Waals surface area contributed by atoms with Crippen molar-refractivity contribution in [1.29, 1.82) is 0 Å². The molecule has 0 N–H and O–H groups in total. The first-order valence-corrected chi connectivity index (χ1v) is 22.0. The average Bonchev–Trinajstić information content (AvgIpc) is 3.14. The molecule has 0 aromatic rings. The van der Waals surface area contributed by atoms with Crippen molar-refractivity contribution in [3.63, 3.8) is 0 Å². The normalized spacial score (nSPS) is 15.2. The summed E-state index contributed by atoms with van der Waals surface area (Å²) in [6.07, 6.45) is 39.1. The van der Waals surface area contributed by atoms with Gasteiger partial charge in [0.15, 0.2) is 5.79 Å². The molecule has 0 aliphatic heterocycles. The first-order chi connectivity index (χ1) is 25.4. The second kappa shape index (κ2) is 35.0. The van der Waals surface area contributed by atoms with Gasteiger partial charge in [0.05, 0.1) is 25.7 Å². The van der Waals surface area contributed by atoms with Crippen LogP contribution in [0.4, 0.5) is 0 Å². The second-order valence-electron chi connectivity index (χ2n) is 15.5. The topological polar surface area (TPSA) is 74.3 Å². The fourth-order valence-electron chi connectivity index (χ4n) is 6.92. The maximum Gasteiger partial charge on any atom is 0.308 e. The van der Waals surface area contributed by atoms with Crippen LogP contribution in [0.15, 0.2) is 24.3 Å². The van der Waals surface area contributed by atoms with Crippen LogP contribution >= 0.6 is 0 Å². The number of hydrogen-bond donors (Lipinski definition) is 0. The van der Waals surface area contributed by atoms with Crippen LogP contribution in [0.2, 0.25) is 0 Å². The van der Waals surface area contributed by atoms with Gasteiger partial charge in [0.25, 0.3) is 0 Å². The highest BCUT2D eigenvalue weighted by atomic mass is 16.7. The minimum Gasteiger partial charge on any atom is -0.465 e. The van der Waals surface area contributed by atoms with Crippen LogP contribution in [0.1, 0.15) is 194 Å². The Bertz CT molecular complexity index is 881. The van der Waals surface area contributed by atoms with Crippen molar-refractivity contribution in [2.75, 3.05) is 47.1 Å². The minimum absolute atomic E-state index is 0.00407. The number of carbonyl (C=O) groups excluding carboxylic acids is 2. The van der Waals surface area contributed by atoms with Crippen molar-refractivity contribution in [2.24, 2.45) is 5.92 Å². The molecule has 0 saturated heterocycles. The van der Waals surface area contributed by atoms with Crippen LogP contribution in [0.3, 0.4) is 0 Å². The SMILES string of the molecule is CCCC/C=C\COC1(OCCCCCCCCC(CCCCCCCC(=O)OC/C=C\CCCCCC)C(=O)OCCCN(C)C)CCCCC1. The van der Waals surface area contributed by atoms with Gasteiger partial charge in [-0.05, 0) is 78.3 Å². The third-order valence-corrected chi connectivity index (χ3v) is 10.3. The first kappa shape index (κ1) is 48.3. The van der Waals surface area contributed by atoms with Crippen molar-refractivity contribution in [1.82, 2.24) is 4.90 Å². The number of hydrogen-bond acceptors (Lipinski definition) is 7. The van der Waals surface area contributed by atoms with Crippen LogP contribution in [0.5, 0.6) is 0 Å². The molecule has 304 valence electrons. The van der Waals surface area contributed by atoms with Crippen molar-refractivity contribution in [3.05, 3.63) is 24.3 Å². The van der Waals surface area contributed by atoms with Gasteiger partial charge in [-0.15, -0.1) is 0 Å². The maximum atomic E-state index is 13.0. The number of unbranched alkanes of at least 4 members (excludes halogenated alkanes) is 15. The third kappa shape index (κ3) is 28.8. The summed E-state index contributed by atoms with van der Waals surface area (Å²) in [6.45, 7) is 7.71. The van der Waals surface area contributed by atoms with Gasteiger partial charge in [-0.2, -0.15) is 0 Å². The molecule has 0 aromatic carbocycles. The number of esters is 2. The summed E-state index contributed by atoms with van der Waals surface area (Å²) in [5, 5.41) is 0. The summed E-state index contributed by atoms with van der Waals surface area (Å²) in [5.41, 5.74) is 0. The Kier molecular flexibility index (Phi) is 32.6. The molecule has 1 fully saturated rings. The molecular formula is C45H83NO6. The van der Waals surface area contributed by atoms with E-state index in [0.717, 1.165) is 109 Å². The Hall–Kier alpha value is -1.70. The average molecular weight is 734 g/mol. The van der Waals surface area contributed by atoms with Crippen LogP contribution < -0.4 is 0 Å². The highest BCUT2D eigenvalue weighted by Crippen LogP contribution is 2.33. The molecule has 7 heteroatoms. The monoisotopic (exact) mass is 734 g/mol. The number of allylic oxidation sites excluding steroid dienone is 2. The molecule has 1 rings (SSSR count). The number of carbonyl (C=O) groups is 2. The van der Waals surface area contributed by atoms with Crippen LogP contribution in [0, 0.1) is 5.92 Å². The minimum atomic E-state index is -0.373. The zero-order valence-electron chi connectivity index (χ0n) is 34.6. The molecule has 7 nitrogen and oxygen atoms in total. The lowest BCUT2D eigenvalue weighted by molar-refractivity contribution is -0.247. The van der Waals surface area contributed by atoms with E-state index in [1.807, 2.05) is 20.2 Å². The van der Waals surface area contributed by atoms with Crippen molar-refractivity contribution in [3.8, 4) is 0 Å². The Morgan fingerprint density at radius 3 is 1.87 bits per heavy atom. The van der Waals surface area contributed by atoms with E-state index >= 15 is 0 Å². The molecule has 0 heterocycles. The van der Waals surface area contributed by atoms with Gasteiger partial charge in [0.1, 0.15) is 6.61 Å². The second-order valence-corrected chi connectivity index (χ2v) is 15.5. The molecule has 1 saturated carbocycles. The highest BCUT2D eigenvalue weighted by Gasteiger charge is 2.33. The predicted molar refractivity (Wildman–Crippen MR) is 218 cm³/mol. The third-order valence-electron chi connectivity index (χ3n) is 10.3. The Morgan fingerprint density at radius 1 is 0.596 bits per heavy atom. The fraction of sp³-hybridized carbons (Fsp3) is 0.867. The highest BCUT2D eigenvalue weighted by molar-refractivity contribution is 5.72. The van der Waals surface area contributed by atoms with Crippen LogP contribution in [-0.4, -0.2) is 69.7 Å². The summed E-state index contributed by atoms with van der Waals surface area (Å²) < 4.78 is 23.8. The molecule has 0 aromatic heterocycles. The molecule has 1 atom stereocenters. The van der Waals surface area contributed by atoms with E-state index in [0.29, 0.717) is 26.2 Å². The Morgan fingerprint density at radius 2 is 1.19 bits per heavy atom. The van der Waals surface area contributed by atoms with E-state index in [2.05, 4.69) is 37.0 Å².